The highest BCUT2D eigenvalue weighted by Gasteiger charge is 2.10. The van der Waals surface area contributed by atoms with E-state index < -0.39 is 11.9 Å². The number of ether oxygens (including phenoxy) is 1. The van der Waals surface area contributed by atoms with E-state index in [1.165, 1.54) is 13.1 Å². The Morgan fingerprint density at radius 3 is 2.20 bits per heavy atom. The molecule has 0 atom stereocenters. The van der Waals surface area contributed by atoms with E-state index in [4.69, 9.17) is 4.74 Å². The smallest absolute Gasteiger partial charge is 0.343 e. The number of esters is 1. The zero-order chi connectivity index (χ0) is 21.3. The van der Waals surface area contributed by atoms with Crippen LogP contribution in [0.1, 0.15) is 33.2 Å². The summed E-state index contributed by atoms with van der Waals surface area (Å²) in [5.41, 5.74) is 4.36. The fraction of sp³-hybridized carbons (Fsp3) is 0.0435. The summed E-state index contributed by atoms with van der Waals surface area (Å²) < 4.78 is 5.44. The van der Waals surface area contributed by atoms with Gasteiger partial charge in [0.05, 0.1) is 11.8 Å². The second-order valence-corrected chi connectivity index (χ2v) is 6.25. The number of hydrazone groups is 1. The molecule has 0 radical (unpaired) electrons. The first-order valence-electron chi connectivity index (χ1n) is 9.10. The number of nitrogens with zero attached hydrogens (tertiary/aromatic N) is 1. The number of benzene rings is 3. The molecule has 3 aromatic rings. The van der Waals surface area contributed by atoms with Crippen LogP contribution >= 0.6 is 0 Å². The van der Waals surface area contributed by atoms with Crippen molar-refractivity contribution < 1.29 is 19.1 Å². The average Bonchev–Trinajstić information content (AvgIpc) is 2.75. The van der Waals surface area contributed by atoms with E-state index in [1.807, 2.05) is 6.07 Å². The van der Waals surface area contributed by atoms with Crippen LogP contribution in [-0.4, -0.2) is 24.0 Å². The molecule has 0 aliphatic carbocycles. The van der Waals surface area contributed by atoms with Gasteiger partial charge in [-0.2, -0.15) is 5.10 Å². The van der Waals surface area contributed by atoms with Gasteiger partial charge >= 0.3 is 5.97 Å². The highest BCUT2D eigenvalue weighted by molar-refractivity contribution is 5.96. The van der Waals surface area contributed by atoms with Crippen LogP contribution in [0.3, 0.4) is 0 Å². The lowest BCUT2D eigenvalue weighted by Gasteiger charge is -2.07. The van der Waals surface area contributed by atoms with Gasteiger partial charge in [0.15, 0.2) is 0 Å². The number of carbonyl (C=O) groups is 3. The maximum absolute atomic E-state index is 12.3. The first kappa shape index (κ1) is 20.5. The molecule has 0 spiro atoms. The zero-order valence-corrected chi connectivity index (χ0v) is 16.2. The Morgan fingerprint density at radius 2 is 1.50 bits per heavy atom. The van der Waals surface area contributed by atoms with Crippen molar-refractivity contribution >= 4 is 29.7 Å². The van der Waals surface area contributed by atoms with Gasteiger partial charge in [0.25, 0.3) is 5.91 Å². The summed E-state index contributed by atoms with van der Waals surface area (Å²) in [6.45, 7) is 1.41. The van der Waals surface area contributed by atoms with Crippen LogP contribution in [-0.2, 0) is 4.79 Å². The average molecular weight is 401 g/mol. The molecule has 7 heteroatoms. The Balaban J connectivity index is 1.64. The standard InChI is InChI=1S/C23H19N3O4/c1-16(27)25-20-13-11-17(12-14-20)22(28)26-24-15-19-9-5-6-10-21(19)30-23(29)18-7-3-2-4-8-18/h2-15H,1H3,(H,25,27)(H,26,28)/b24-15+. The molecule has 3 rings (SSSR count). The minimum atomic E-state index is -0.486. The summed E-state index contributed by atoms with van der Waals surface area (Å²) in [6.07, 6.45) is 1.40. The van der Waals surface area contributed by atoms with Crippen LogP contribution in [0.5, 0.6) is 5.75 Å². The normalized spacial score (nSPS) is 10.4. The maximum Gasteiger partial charge on any atom is 0.343 e. The highest BCUT2D eigenvalue weighted by Crippen LogP contribution is 2.17. The summed E-state index contributed by atoms with van der Waals surface area (Å²) in [5, 5.41) is 6.57. The molecule has 0 heterocycles. The first-order valence-corrected chi connectivity index (χ1v) is 9.10. The van der Waals surface area contributed by atoms with Crippen LogP contribution in [0.2, 0.25) is 0 Å². The third-order valence-corrected chi connectivity index (χ3v) is 3.97. The summed E-state index contributed by atoms with van der Waals surface area (Å²) in [6, 6.07) is 21.9. The quantitative estimate of drug-likeness (QED) is 0.285. The Labute approximate surface area is 173 Å². The predicted molar refractivity (Wildman–Crippen MR) is 114 cm³/mol. The summed E-state index contributed by atoms with van der Waals surface area (Å²) >= 11 is 0. The Morgan fingerprint density at radius 1 is 0.833 bits per heavy atom. The van der Waals surface area contributed by atoms with Gasteiger partial charge in [-0.15, -0.1) is 0 Å². The predicted octanol–water partition coefficient (Wildman–Crippen LogP) is 3.63. The lowest BCUT2D eigenvalue weighted by Crippen LogP contribution is -2.18. The minimum Gasteiger partial charge on any atom is -0.422 e. The van der Waals surface area contributed by atoms with E-state index in [2.05, 4.69) is 15.8 Å². The second kappa shape index (κ2) is 9.79. The molecule has 2 amide bonds. The second-order valence-electron chi connectivity index (χ2n) is 6.25. The molecule has 0 aliphatic heterocycles. The SMILES string of the molecule is CC(=O)Nc1ccc(C(=O)N/N=C/c2ccccc2OC(=O)c2ccccc2)cc1. The summed E-state index contributed by atoms with van der Waals surface area (Å²) in [7, 11) is 0. The topological polar surface area (TPSA) is 96.9 Å². The van der Waals surface area contributed by atoms with Gasteiger partial charge in [-0.3, -0.25) is 9.59 Å². The Hall–Kier alpha value is -4.26. The van der Waals surface area contributed by atoms with Crippen molar-refractivity contribution in [1.82, 2.24) is 5.43 Å². The third kappa shape index (κ3) is 5.62. The molecular formula is C23H19N3O4. The molecule has 0 saturated heterocycles. The number of amides is 2. The van der Waals surface area contributed by atoms with Gasteiger partial charge < -0.3 is 10.1 Å². The molecule has 7 nitrogen and oxygen atoms in total. The summed E-state index contributed by atoms with van der Waals surface area (Å²) in [4.78, 5) is 35.5. The Bertz CT molecular complexity index is 1080. The number of para-hydroxylation sites is 1. The van der Waals surface area contributed by atoms with Crippen molar-refractivity contribution in [1.29, 1.82) is 0 Å². The van der Waals surface area contributed by atoms with Crippen molar-refractivity contribution in [2.24, 2.45) is 5.10 Å². The van der Waals surface area contributed by atoms with E-state index in [0.29, 0.717) is 28.1 Å². The molecule has 2 N–H and O–H groups in total. The number of anilines is 1. The van der Waals surface area contributed by atoms with E-state index >= 15 is 0 Å². The number of hydrogen-bond acceptors (Lipinski definition) is 5. The van der Waals surface area contributed by atoms with Gasteiger partial charge in [0.1, 0.15) is 5.75 Å². The minimum absolute atomic E-state index is 0.191. The summed E-state index contributed by atoms with van der Waals surface area (Å²) in [5.74, 6) is -0.772. The Kier molecular flexibility index (Phi) is 6.68. The fourth-order valence-corrected chi connectivity index (χ4v) is 2.55. The lowest BCUT2D eigenvalue weighted by atomic mass is 10.2. The monoisotopic (exact) mass is 401 g/mol. The van der Waals surface area contributed by atoms with Crippen LogP contribution in [0.25, 0.3) is 0 Å². The van der Waals surface area contributed by atoms with Crippen molar-refractivity contribution in [3.63, 3.8) is 0 Å². The van der Waals surface area contributed by atoms with Crippen molar-refractivity contribution in [2.75, 3.05) is 5.32 Å². The number of rotatable bonds is 6. The van der Waals surface area contributed by atoms with Gasteiger partial charge in [-0.1, -0.05) is 30.3 Å². The van der Waals surface area contributed by atoms with Gasteiger partial charge in [-0.25, -0.2) is 10.2 Å². The molecule has 0 saturated carbocycles. The van der Waals surface area contributed by atoms with Crippen molar-refractivity contribution in [3.8, 4) is 5.75 Å². The number of hydrogen-bond donors (Lipinski definition) is 2. The van der Waals surface area contributed by atoms with E-state index in [0.717, 1.165) is 0 Å². The zero-order valence-electron chi connectivity index (χ0n) is 16.2. The largest absolute Gasteiger partial charge is 0.422 e. The van der Waals surface area contributed by atoms with Crippen LogP contribution in [0.15, 0.2) is 84.0 Å². The molecule has 150 valence electrons. The van der Waals surface area contributed by atoms with E-state index in [-0.39, 0.29) is 5.91 Å². The van der Waals surface area contributed by atoms with Crippen LogP contribution < -0.4 is 15.5 Å². The molecule has 0 aliphatic rings. The number of nitrogens with one attached hydrogen (secondary N) is 2. The number of carbonyl (C=O) groups excluding carboxylic acids is 3. The van der Waals surface area contributed by atoms with Gasteiger partial charge in [0, 0.05) is 23.7 Å². The fourth-order valence-electron chi connectivity index (χ4n) is 2.55. The molecule has 0 unspecified atom stereocenters. The van der Waals surface area contributed by atoms with E-state index in [9.17, 15) is 14.4 Å². The van der Waals surface area contributed by atoms with Crippen LogP contribution in [0.4, 0.5) is 5.69 Å². The van der Waals surface area contributed by atoms with Crippen molar-refractivity contribution in [2.45, 2.75) is 6.92 Å². The molecule has 30 heavy (non-hydrogen) atoms. The highest BCUT2D eigenvalue weighted by atomic mass is 16.5. The molecule has 0 aromatic heterocycles. The van der Waals surface area contributed by atoms with Gasteiger partial charge in [-0.05, 0) is 48.5 Å². The maximum atomic E-state index is 12.3. The third-order valence-electron chi connectivity index (χ3n) is 3.97. The van der Waals surface area contributed by atoms with Crippen LogP contribution in [0, 0.1) is 0 Å². The molecular weight excluding hydrogens is 382 g/mol. The molecule has 0 fully saturated rings. The molecule has 0 bridgehead atoms. The van der Waals surface area contributed by atoms with E-state index in [1.54, 1.807) is 72.8 Å². The van der Waals surface area contributed by atoms with Crippen molar-refractivity contribution in [3.05, 3.63) is 95.6 Å². The molecule has 3 aromatic carbocycles. The lowest BCUT2D eigenvalue weighted by molar-refractivity contribution is -0.114. The first-order chi connectivity index (χ1) is 14.5. The van der Waals surface area contributed by atoms with Gasteiger partial charge in [0.2, 0.25) is 5.91 Å².